The molecule has 1 N–H and O–H groups in total. The van der Waals surface area contributed by atoms with E-state index in [4.69, 9.17) is 4.74 Å². The van der Waals surface area contributed by atoms with E-state index in [1.54, 1.807) is 61.0 Å². The Kier molecular flexibility index (Phi) is 5.37. The van der Waals surface area contributed by atoms with E-state index in [9.17, 15) is 13.2 Å². The van der Waals surface area contributed by atoms with E-state index in [0.717, 1.165) is 10.5 Å². The maximum Gasteiger partial charge on any atom is 0.421 e. The van der Waals surface area contributed by atoms with Crippen molar-refractivity contribution in [3.8, 4) is 5.75 Å². The van der Waals surface area contributed by atoms with Gasteiger partial charge < -0.3 is 4.74 Å². The molecule has 0 unspecified atom stereocenters. The monoisotopic (exact) mass is 369 g/mol. The fourth-order valence-electron chi connectivity index (χ4n) is 2.05. The van der Waals surface area contributed by atoms with Crippen LogP contribution in [0.4, 0.5) is 0 Å². The minimum Gasteiger partial charge on any atom is -0.427 e. The van der Waals surface area contributed by atoms with Crippen molar-refractivity contribution in [2.24, 2.45) is 0 Å². The van der Waals surface area contributed by atoms with Crippen molar-refractivity contribution >= 4 is 26.4 Å². The Labute approximate surface area is 144 Å². The second-order valence-corrected chi connectivity index (χ2v) is 10.7. The third-order valence-electron chi connectivity index (χ3n) is 3.27. The van der Waals surface area contributed by atoms with Crippen LogP contribution in [-0.4, -0.2) is 30.5 Å². The summed E-state index contributed by atoms with van der Waals surface area (Å²) in [6, 6.07) is 13.4. The predicted molar refractivity (Wildman–Crippen MR) is 96.4 cm³/mol. The van der Waals surface area contributed by atoms with Crippen molar-refractivity contribution in [1.82, 2.24) is 0 Å². The minimum absolute atomic E-state index is 0.185. The normalized spacial score (nSPS) is 12.7. The predicted octanol–water partition coefficient (Wildman–Crippen LogP) is 3.74. The molecule has 0 saturated heterocycles. The van der Waals surface area contributed by atoms with Gasteiger partial charge in [0.05, 0.1) is 4.90 Å². The summed E-state index contributed by atoms with van der Waals surface area (Å²) in [5.74, 6) is 0.0174. The Morgan fingerprint density at radius 3 is 1.92 bits per heavy atom. The number of carbonyl (C=O) groups excluding carboxylic acids is 1. The first-order valence-electron chi connectivity index (χ1n) is 7.18. The number of benzene rings is 2. The van der Waals surface area contributed by atoms with Crippen molar-refractivity contribution in [3.05, 3.63) is 54.1 Å². The molecule has 0 bridgehead atoms. The SMILES string of the molecule is CC(=O)Oc1ccc(S(C)(C)[OH+]S(=O)(=O)c2ccc(C)cc2)cc1. The summed E-state index contributed by atoms with van der Waals surface area (Å²) in [5, 5.41) is 0. The highest BCUT2D eigenvalue weighted by Crippen LogP contribution is 2.50. The van der Waals surface area contributed by atoms with Crippen LogP contribution in [0.5, 0.6) is 5.75 Å². The third-order valence-corrected chi connectivity index (χ3v) is 7.83. The summed E-state index contributed by atoms with van der Waals surface area (Å²) in [6.45, 7) is 3.22. The molecule has 0 fully saturated rings. The summed E-state index contributed by atoms with van der Waals surface area (Å²) in [5.41, 5.74) is 0.988. The van der Waals surface area contributed by atoms with E-state index in [2.05, 4.69) is 3.63 Å². The summed E-state index contributed by atoms with van der Waals surface area (Å²) in [7, 11) is -5.66. The molecule has 0 aliphatic carbocycles. The summed E-state index contributed by atoms with van der Waals surface area (Å²) >= 11 is 0. The van der Waals surface area contributed by atoms with Crippen molar-refractivity contribution in [2.45, 2.75) is 23.6 Å². The van der Waals surface area contributed by atoms with Gasteiger partial charge in [0.1, 0.15) is 10.6 Å². The van der Waals surface area contributed by atoms with E-state index >= 15 is 0 Å². The second kappa shape index (κ2) is 6.96. The maximum atomic E-state index is 12.5. The number of hydrogen-bond donors (Lipinski definition) is 0. The zero-order valence-corrected chi connectivity index (χ0v) is 15.6. The highest BCUT2D eigenvalue weighted by atomic mass is 32.3. The van der Waals surface area contributed by atoms with Gasteiger partial charge in [0, 0.05) is 29.7 Å². The molecule has 0 amide bonds. The van der Waals surface area contributed by atoms with Crippen LogP contribution in [0.3, 0.4) is 0 Å². The Bertz CT molecular complexity index is 822. The third kappa shape index (κ3) is 4.59. The molecule has 0 aromatic heterocycles. The van der Waals surface area contributed by atoms with Crippen LogP contribution in [0.2, 0.25) is 0 Å². The van der Waals surface area contributed by atoms with Gasteiger partial charge in [-0.25, -0.2) is 0 Å². The Morgan fingerprint density at radius 1 is 0.917 bits per heavy atom. The largest absolute Gasteiger partial charge is 0.427 e. The molecule has 0 atom stereocenters. The zero-order chi connectivity index (χ0) is 18.0. The quantitative estimate of drug-likeness (QED) is 0.348. The highest BCUT2D eigenvalue weighted by Gasteiger charge is 2.31. The lowest BCUT2D eigenvalue weighted by Crippen LogP contribution is -2.15. The lowest BCUT2D eigenvalue weighted by atomic mass is 10.2. The van der Waals surface area contributed by atoms with E-state index in [0.29, 0.717) is 5.75 Å². The van der Waals surface area contributed by atoms with Crippen molar-refractivity contribution in [2.75, 3.05) is 12.5 Å². The average Bonchev–Trinajstić information content (AvgIpc) is 2.46. The van der Waals surface area contributed by atoms with Gasteiger partial charge in [0.25, 0.3) is 0 Å². The van der Waals surface area contributed by atoms with E-state index in [1.807, 2.05) is 6.92 Å². The Balaban J connectivity index is 2.23. The lowest BCUT2D eigenvalue weighted by Gasteiger charge is -2.25. The standard InChI is InChI=1S/C17H20O5S2/c1-13-5-9-17(10-6-13)24(19,20)22-23(3,4)16-11-7-15(8-12-16)21-14(2)18/h5-12H,1-4H3/p+1. The van der Waals surface area contributed by atoms with Gasteiger partial charge in [-0.1, -0.05) is 17.7 Å². The number of aryl methyl sites for hydroxylation is 1. The van der Waals surface area contributed by atoms with Crippen LogP contribution in [-0.2, 0) is 14.9 Å². The molecule has 130 valence electrons. The van der Waals surface area contributed by atoms with Crippen LogP contribution < -0.4 is 4.74 Å². The number of hydrogen-bond acceptors (Lipinski definition) is 4. The Morgan fingerprint density at radius 2 is 1.42 bits per heavy atom. The molecule has 0 aliphatic rings. The van der Waals surface area contributed by atoms with Gasteiger partial charge in [-0.15, -0.1) is 8.42 Å². The van der Waals surface area contributed by atoms with E-state index in [1.165, 1.54) is 6.92 Å². The smallest absolute Gasteiger partial charge is 0.421 e. The zero-order valence-electron chi connectivity index (χ0n) is 14.0. The van der Waals surface area contributed by atoms with E-state index < -0.39 is 26.4 Å². The molecule has 5 nitrogen and oxygen atoms in total. The topological polar surface area (TPSA) is 73.2 Å². The average molecular weight is 369 g/mol. The van der Waals surface area contributed by atoms with Gasteiger partial charge in [-0.2, -0.15) is 0 Å². The molecule has 2 rings (SSSR count). The van der Waals surface area contributed by atoms with Gasteiger partial charge in [0.2, 0.25) is 0 Å². The maximum absolute atomic E-state index is 12.5. The van der Waals surface area contributed by atoms with Crippen molar-refractivity contribution in [1.29, 1.82) is 0 Å². The van der Waals surface area contributed by atoms with Crippen molar-refractivity contribution in [3.63, 3.8) is 0 Å². The van der Waals surface area contributed by atoms with Crippen LogP contribution in [0.15, 0.2) is 58.3 Å². The number of carbonyl (C=O) groups is 1. The van der Waals surface area contributed by atoms with E-state index in [-0.39, 0.29) is 4.90 Å². The summed E-state index contributed by atoms with van der Waals surface area (Å²) < 4.78 is 34.2. The van der Waals surface area contributed by atoms with Crippen LogP contribution in [0.25, 0.3) is 0 Å². The fraction of sp³-hybridized carbons (Fsp3) is 0.235. The number of esters is 1. The first-order valence-corrected chi connectivity index (χ1v) is 11.0. The molecule has 0 saturated carbocycles. The molecule has 7 heteroatoms. The molecule has 0 spiro atoms. The summed E-state index contributed by atoms with van der Waals surface area (Å²) in [4.78, 5) is 11.9. The molecule has 0 aliphatic heterocycles. The van der Waals surface area contributed by atoms with Crippen LogP contribution in [0, 0.1) is 6.92 Å². The van der Waals surface area contributed by atoms with Crippen LogP contribution >= 0.6 is 10.3 Å². The molecule has 0 heterocycles. The molecule has 2 aromatic carbocycles. The van der Waals surface area contributed by atoms with Crippen molar-refractivity contribution < 1.29 is 21.6 Å². The molecule has 0 radical (unpaired) electrons. The van der Waals surface area contributed by atoms with Crippen LogP contribution in [0.1, 0.15) is 12.5 Å². The minimum atomic E-state index is -3.74. The second-order valence-electron chi connectivity index (χ2n) is 5.70. The molecule has 24 heavy (non-hydrogen) atoms. The Hall–Kier alpha value is -1.83. The van der Waals surface area contributed by atoms with Gasteiger partial charge in [-0.3, -0.25) is 8.42 Å². The molecular formula is C17H21O5S2+. The number of ether oxygens (including phenoxy) is 1. The molecule has 2 aromatic rings. The molecular weight excluding hydrogens is 348 g/mol. The van der Waals surface area contributed by atoms with Gasteiger partial charge in [-0.05, 0) is 43.3 Å². The summed E-state index contributed by atoms with van der Waals surface area (Å²) in [6.07, 6.45) is 3.61. The van der Waals surface area contributed by atoms with Gasteiger partial charge in [0.15, 0.2) is 0 Å². The van der Waals surface area contributed by atoms with Gasteiger partial charge >= 0.3 is 16.1 Å². The lowest BCUT2D eigenvalue weighted by molar-refractivity contribution is -0.131. The fourth-order valence-corrected chi connectivity index (χ4v) is 5.98. The highest BCUT2D eigenvalue weighted by molar-refractivity contribution is 8.31. The first-order chi connectivity index (χ1) is 11.1. The first kappa shape index (κ1) is 18.5. The number of rotatable bonds is 5.